The van der Waals surface area contributed by atoms with Gasteiger partial charge >= 0.3 is 0 Å². The van der Waals surface area contributed by atoms with Crippen molar-refractivity contribution in [3.63, 3.8) is 0 Å². The standard InChI is InChI=1S/C17H16BrNO2/c1-20-13-8-12(9-14(10-13)21-2)11-19-7-6-15-16(18)4-3-5-17(15)19/h3-10H,11H2,1-2H3. The molecule has 0 N–H and O–H groups in total. The van der Waals surface area contributed by atoms with E-state index in [9.17, 15) is 0 Å². The van der Waals surface area contributed by atoms with E-state index in [0.717, 1.165) is 28.1 Å². The van der Waals surface area contributed by atoms with Gasteiger partial charge in [0, 0.05) is 34.2 Å². The zero-order valence-corrected chi connectivity index (χ0v) is 13.6. The van der Waals surface area contributed by atoms with Crippen molar-refractivity contribution in [3.8, 4) is 11.5 Å². The first-order chi connectivity index (χ1) is 10.2. The van der Waals surface area contributed by atoms with Crippen LogP contribution in [0, 0.1) is 0 Å². The number of halogens is 1. The number of rotatable bonds is 4. The average molecular weight is 346 g/mol. The van der Waals surface area contributed by atoms with Crippen molar-refractivity contribution >= 4 is 26.8 Å². The first kappa shape index (κ1) is 14.0. The highest BCUT2D eigenvalue weighted by Crippen LogP contribution is 2.27. The minimum Gasteiger partial charge on any atom is -0.497 e. The van der Waals surface area contributed by atoms with Crippen LogP contribution in [0.1, 0.15) is 5.56 Å². The van der Waals surface area contributed by atoms with Crippen LogP contribution in [0.25, 0.3) is 10.9 Å². The van der Waals surface area contributed by atoms with E-state index in [1.165, 1.54) is 10.9 Å². The van der Waals surface area contributed by atoms with Gasteiger partial charge in [0.25, 0.3) is 0 Å². The number of aromatic nitrogens is 1. The quantitative estimate of drug-likeness (QED) is 0.696. The van der Waals surface area contributed by atoms with E-state index in [2.05, 4.69) is 51.0 Å². The lowest BCUT2D eigenvalue weighted by Gasteiger charge is -2.10. The smallest absolute Gasteiger partial charge is 0.122 e. The Balaban J connectivity index is 2.00. The first-order valence-electron chi connectivity index (χ1n) is 6.66. The van der Waals surface area contributed by atoms with Crippen molar-refractivity contribution in [2.24, 2.45) is 0 Å². The molecule has 0 saturated heterocycles. The van der Waals surface area contributed by atoms with Crippen LogP contribution in [0.2, 0.25) is 0 Å². The summed E-state index contributed by atoms with van der Waals surface area (Å²) in [5, 5.41) is 1.22. The van der Waals surface area contributed by atoms with E-state index in [1.54, 1.807) is 14.2 Å². The monoisotopic (exact) mass is 345 g/mol. The van der Waals surface area contributed by atoms with Gasteiger partial charge in [-0.05, 0) is 35.9 Å². The molecule has 4 heteroatoms. The van der Waals surface area contributed by atoms with Gasteiger partial charge in [-0.3, -0.25) is 0 Å². The summed E-state index contributed by atoms with van der Waals surface area (Å²) in [7, 11) is 3.33. The normalized spacial score (nSPS) is 10.8. The maximum absolute atomic E-state index is 5.33. The number of benzene rings is 2. The third-order valence-electron chi connectivity index (χ3n) is 3.52. The number of ether oxygens (including phenoxy) is 2. The molecule has 0 fully saturated rings. The van der Waals surface area contributed by atoms with Crippen molar-refractivity contribution in [2.75, 3.05) is 14.2 Å². The Hall–Kier alpha value is -1.94. The fourth-order valence-corrected chi connectivity index (χ4v) is 2.97. The predicted octanol–water partition coefficient (Wildman–Crippen LogP) is 4.47. The van der Waals surface area contributed by atoms with Crippen LogP contribution in [0.4, 0.5) is 0 Å². The predicted molar refractivity (Wildman–Crippen MR) is 88.3 cm³/mol. The Labute approximate surface area is 132 Å². The highest BCUT2D eigenvalue weighted by molar-refractivity contribution is 9.10. The van der Waals surface area contributed by atoms with Crippen molar-refractivity contribution in [1.82, 2.24) is 4.57 Å². The topological polar surface area (TPSA) is 23.4 Å². The van der Waals surface area contributed by atoms with E-state index in [4.69, 9.17) is 9.47 Å². The molecule has 21 heavy (non-hydrogen) atoms. The second-order valence-corrected chi connectivity index (χ2v) is 5.69. The minimum atomic E-state index is 0.771. The molecule has 0 spiro atoms. The minimum absolute atomic E-state index is 0.771. The second-order valence-electron chi connectivity index (χ2n) is 4.84. The summed E-state index contributed by atoms with van der Waals surface area (Å²) in [6.45, 7) is 0.771. The highest BCUT2D eigenvalue weighted by atomic mass is 79.9. The molecule has 3 rings (SSSR count). The van der Waals surface area contributed by atoms with Gasteiger partial charge in [0.2, 0.25) is 0 Å². The third kappa shape index (κ3) is 2.76. The van der Waals surface area contributed by atoms with Crippen molar-refractivity contribution in [2.45, 2.75) is 6.54 Å². The van der Waals surface area contributed by atoms with Crippen LogP contribution in [0.5, 0.6) is 11.5 Å². The van der Waals surface area contributed by atoms with Crippen molar-refractivity contribution in [3.05, 3.63) is 58.7 Å². The Bertz CT molecular complexity index is 757. The van der Waals surface area contributed by atoms with Crippen LogP contribution in [0.3, 0.4) is 0 Å². The van der Waals surface area contributed by atoms with Gasteiger partial charge in [-0.2, -0.15) is 0 Å². The molecule has 0 radical (unpaired) electrons. The summed E-state index contributed by atoms with van der Waals surface area (Å²) in [4.78, 5) is 0. The van der Waals surface area contributed by atoms with Gasteiger partial charge in [0.1, 0.15) is 11.5 Å². The number of methoxy groups -OCH3 is 2. The molecule has 0 amide bonds. The maximum atomic E-state index is 5.33. The number of fused-ring (bicyclic) bond motifs is 1. The Morgan fingerprint density at radius 3 is 2.38 bits per heavy atom. The molecule has 3 aromatic rings. The molecule has 0 unspecified atom stereocenters. The van der Waals surface area contributed by atoms with E-state index in [-0.39, 0.29) is 0 Å². The van der Waals surface area contributed by atoms with E-state index < -0.39 is 0 Å². The molecule has 0 atom stereocenters. The average Bonchev–Trinajstić information content (AvgIpc) is 2.91. The largest absolute Gasteiger partial charge is 0.497 e. The van der Waals surface area contributed by atoms with Crippen LogP contribution in [-0.2, 0) is 6.54 Å². The van der Waals surface area contributed by atoms with Crippen molar-refractivity contribution in [1.29, 1.82) is 0 Å². The SMILES string of the molecule is COc1cc(Cn2ccc3c(Br)cccc32)cc(OC)c1. The van der Waals surface area contributed by atoms with Crippen LogP contribution >= 0.6 is 15.9 Å². The Morgan fingerprint density at radius 2 is 1.71 bits per heavy atom. The first-order valence-corrected chi connectivity index (χ1v) is 7.46. The van der Waals surface area contributed by atoms with Gasteiger partial charge < -0.3 is 14.0 Å². The lowest BCUT2D eigenvalue weighted by molar-refractivity contribution is 0.393. The molecule has 0 aliphatic heterocycles. The summed E-state index contributed by atoms with van der Waals surface area (Å²) in [6.07, 6.45) is 2.10. The second kappa shape index (κ2) is 5.82. The van der Waals surface area contributed by atoms with E-state index in [1.807, 2.05) is 18.2 Å². The van der Waals surface area contributed by atoms with Crippen LogP contribution < -0.4 is 9.47 Å². The zero-order chi connectivity index (χ0) is 14.8. The molecule has 2 aromatic carbocycles. The van der Waals surface area contributed by atoms with Crippen LogP contribution in [0.15, 0.2) is 53.1 Å². The Morgan fingerprint density at radius 1 is 1.00 bits per heavy atom. The summed E-state index contributed by atoms with van der Waals surface area (Å²) >= 11 is 3.59. The van der Waals surface area contributed by atoms with E-state index >= 15 is 0 Å². The molecular formula is C17H16BrNO2. The third-order valence-corrected chi connectivity index (χ3v) is 4.22. The molecule has 0 aliphatic carbocycles. The Kier molecular flexibility index (Phi) is 3.88. The molecule has 0 bridgehead atoms. The van der Waals surface area contributed by atoms with E-state index in [0.29, 0.717) is 0 Å². The van der Waals surface area contributed by atoms with Gasteiger partial charge in [-0.1, -0.05) is 22.0 Å². The summed E-state index contributed by atoms with van der Waals surface area (Å²) in [5.41, 5.74) is 2.34. The maximum Gasteiger partial charge on any atom is 0.122 e. The fraction of sp³-hybridized carbons (Fsp3) is 0.176. The summed E-state index contributed by atoms with van der Waals surface area (Å²) < 4.78 is 14.0. The van der Waals surface area contributed by atoms with Gasteiger partial charge in [0.05, 0.1) is 14.2 Å². The number of nitrogens with zero attached hydrogens (tertiary/aromatic N) is 1. The molecule has 0 aliphatic rings. The fourth-order valence-electron chi connectivity index (χ4n) is 2.48. The molecule has 1 heterocycles. The van der Waals surface area contributed by atoms with Gasteiger partial charge in [0.15, 0.2) is 0 Å². The van der Waals surface area contributed by atoms with Gasteiger partial charge in [-0.25, -0.2) is 0 Å². The lowest BCUT2D eigenvalue weighted by Crippen LogP contribution is -1.99. The number of hydrogen-bond donors (Lipinski definition) is 0. The number of hydrogen-bond acceptors (Lipinski definition) is 2. The van der Waals surface area contributed by atoms with Crippen molar-refractivity contribution < 1.29 is 9.47 Å². The molecular weight excluding hydrogens is 330 g/mol. The molecule has 0 saturated carbocycles. The molecule has 108 valence electrons. The lowest BCUT2D eigenvalue weighted by atomic mass is 10.2. The highest BCUT2D eigenvalue weighted by Gasteiger charge is 2.06. The molecule has 3 nitrogen and oxygen atoms in total. The molecule has 1 aromatic heterocycles. The zero-order valence-electron chi connectivity index (χ0n) is 12.0. The summed E-state index contributed by atoms with van der Waals surface area (Å²) in [5.74, 6) is 1.61. The van der Waals surface area contributed by atoms with Crippen LogP contribution in [-0.4, -0.2) is 18.8 Å². The van der Waals surface area contributed by atoms with Gasteiger partial charge in [-0.15, -0.1) is 0 Å². The summed E-state index contributed by atoms with van der Waals surface area (Å²) in [6, 6.07) is 14.3.